The number of esters is 3. The predicted molar refractivity (Wildman–Crippen MR) is 315 cm³/mol. The summed E-state index contributed by atoms with van der Waals surface area (Å²) in [6.45, 7) is 6.29. The fraction of sp³-hybridized carbons (Fsp3) is 0.597. The summed E-state index contributed by atoms with van der Waals surface area (Å²) in [4.78, 5) is 38.1. The van der Waals surface area contributed by atoms with Crippen LogP contribution in [0.5, 0.6) is 0 Å². The molecule has 0 aromatic heterocycles. The van der Waals surface area contributed by atoms with E-state index in [1.165, 1.54) is 57.8 Å². The van der Waals surface area contributed by atoms with Crippen LogP contribution in [0.15, 0.2) is 146 Å². The molecule has 73 heavy (non-hydrogen) atoms. The van der Waals surface area contributed by atoms with Crippen LogP contribution >= 0.6 is 0 Å². The molecule has 0 saturated carbocycles. The van der Waals surface area contributed by atoms with Crippen LogP contribution in [0, 0.1) is 0 Å². The van der Waals surface area contributed by atoms with Crippen LogP contribution in [-0.2, 0) is 28.6 Å². The second-order valence-corrected chi connectivity index (χ2v) is 18.8. The van der Waals surface area contributed by atoms with Crippen LogP contribution < -0.4 is 0 Å². The minimum Gasteiger partial charge on any atom is -0.462 e. The van der Waals surface area contributed by atoms with Crippen molar-refractivity contribution < 1.29 is 28.6 Å². The van der Waals surface area contributed by atoms with Gasteiger partial charge in [-0.05, 0) is 128 Å². The standard InChI is InChI=1S/C67H106O6/c1-4-7-10-13-16-19-22-25-27-28-29-30-31-32-33-34-35-36-37-38-40-42-45-48-51-54-57-60-66(69)72-63-64(62-71-65(68)59-56-53-50-47-44-41-24-21-18-15-12-9-6-3)73-67(70)61-58-55-52-49-46-43-39-26-23-20-17-14-11-8-5-2/h7,9-10,12,16-21,25-27,29-30,32-33,35-36,39,41,44,50,53,64H,4-6,8,11,13-15,22-24,28,31,34,37-38,40,42-43,45-49,51-52,54-63H2,1-3H3/b10-7-,12-9-,19-16-,20-17-,21-18-,27-25-,30-29-,33-32-,36-35-,39-26-,44-41-,53-50-. The number of carbonyl (C=O) groups excluding carboxylic acids is 3. The normalized spacial score (nSPS) is 13.2. The Morgan fingerprint density at radius 2 is 0.562 bits per heavy atom. The highest BCUT2D eigenvalue weighted by molar-refractivity contribution is 5.71. The fourth-order valence-corrected chi connectivity index (χ4v) is 7.49. The molecule has 6 nitrogen and oxygen atoms in total. The van der Waals surface area contributed by atoms with Crippen LogP contribution in [0.4, 0.5) is 0 Å². The van der Waals surface area contributed by atoms with E-state index in [-0.39, 0.29) is 44.0 Å². The number of unbranched alkanes of at least 4 members (excludes halogenated alkanes) is 16. The highest BCUT2D eigenvalue weighted by Gasteiger charge is 2.19. The Morgan fingerprint density at radius 1 is 0.288 bits per heavy atom. The van der Waals surface area contributed by atoms with Gasteiger partial charge >= 0.3 is 17.9 Å². The maximum absolute atomic E-state index is 12.8. The van der Waals surface area contributed by atoms with Crippen LogP contribution in [0.1, 0.15) is 239 Å². The lowest BCUT2D eigenvalue weighted by Crippen LogP contribution is -2.30. The number of ether oxygens (including phenoxy) is 3. The average molecular weight is 1010 g/mol. The van der Waals surface area contributed by atoms with Gasteiger partial charge in [0.2, 0.25) is 0 Å². The Bertz CT molecular complexity index is 1630. The van der Waals surface area contributed by atoms with Crippen molar-refractivity contribution in [1.82, 2.24) is 0 Å². The number of carbonyl (C=O) groups is 3. The summed E-state index contributed by atoms with van der Waals surface area (Å²) in [6, 6.07) is 0. The molecule has 410 valence electrons. The molecule has 0 N–H and O–H groups in total. The van der Waals surface area contributed by atoms with Crippen molar-refractivity contribution in [1.29, 1.82) is 0 Å². The van der Waals surface area contributed by atoms with Crippen molar-refractivity contribution in [3.8, 4) is 0 Å². The zero-order chi connectivity index (χ0) is 52.9. The lowest BCUT2D eigenvalue weighted by Gasteiger charge is -2.18. The van der Waals surface area contributed by atoms with Gasteiger partial charge in [-0.15, -0.1) is 0 Å². The van der Waals surface area contributed by atoms with Gasteiger partial charge in [0.05, 0.1) is 0 Å². The third-order valence-corrected chi connectivity index (χ3v) is 11.8. The number of hydrogen-bond acceptors (Lipinski definition) is 6. The third-order valence-electron chi connectivity index (χ3n) is 11.8. The zero-order valence-corrected chi connectivity index (χ0v) is 46.8. The van der Waals surface area contributed by atoms with E-state index in [2.05, 4.69) is 154 Å². The van der Waals surface area contributed by atoms with Gasteiger partial charge in [0.1, 0.15) is 13.2 Å². The van der Waals surface area contributed by atoms with Gasteiger partial charge < -0.3 is 14.2 Å². The van der Waals surface area contributed by atoms with Crippen molar-refractivity contribution in [3.63, 3.8) is 0 Å². The molecule has 0 spiro atoms. The maximum atomic E-state index is 12.8. The topological polar surface area (TPSA) is 78.9 Å². The summed E-state index contributed by atoms with van der Waals surface area (Å²) in [5.74, 6) is -1.03. The molecule has 0 amide bonds. The average Bonchev–Trinajstić information content (AvgIpc) is 3.39. The Kier molecular flexibility index (Phi) is 56.0. The van der Waals surface area contributed by atoms with E-state index in [1.54, 1.807) is 0 Å². The Hall–Kier alpha value is -4.71. The molecular formula is C67H106O6. The molecule has 0 fully saturated rings. The number of hydrogen-bond donors (Lipinski definition) is 0. The van der Waals surface area contributed by atoms with Crippen LogP contribution in [0.3, 0.4) is 0 Å². The molecule has 0 heterocycles. The van der Waals surface area contributed by atoms with Gasteiger partial charge in [-0.1, -0.05) is 237 Å². The Labute approximate surface area is 448 Å². The van der Waals surface area contributed by atoms with E-state index in [1.807, 2.05) is 12.2 Å². The minimum atomic E-state index is -0.824. The van der Waals surface area contributed by atoms with Gasteiger partial charge in [-0.25, -0.2) is 0 Å². The summed E-state index contributed by atoms with van der Waals surface area (Å²) in [7, 11) is 0. The van der Waals surface area contributed by atoms with E-state index in [9.17, 15) is 14.4 Å². The monoisotopic (exact) mass is 1010 g/mol. The van der Waals surface area contributed by atoms with Gasteiger partial charge in [0, 0.05) is 19.3 Å². The fourth-order valence-electron chi connectivity index (χ4n) is 7.49. The van der Waals surface area contributed by atoms with Gasteiger partial charge in [0.25, 0.3) is 0 Å². The molecule has 0 aliphatic rings. The van der Waals surface area contributed by atoms with Crippen LogP contribution in [0.2, 0.25) is 0 Å². The molecule has 0 saturated heterocycles. The summed E-state index contributed by atoms with van der Waals surface area (Å²) < 4.78 is 16.8. The highest BCUT2D eigenvalue weighted by Crippen LogP contribution is 2.13. The molecule has 6 heteroatoms. The summed E-state index contributed by atoms with van der Waals surface area (Å²) in [5, 5.41) is 0. The summed E-state index contributed by atoms with van der Waals surface area (Å²) in [5.41, 5.74) is 0. The van der Waals surface area contributed by atoms with Gasteiger partial charge in [-0.2, -0.15) is 0 Å². The van der Waals surface area contributed by atoms with Crippen molar-refractivity contribution in [2.24, 2.45) is 0 Å². The molecule has 1 unspecified atom stereocenters. The molecule has 0 bridgehead atoms. The SMILES string of the molecule is CC/C=C\C/C=C\C/C=C\C/C=C\C/C=C\C/C=C\CCCCCCCCCCC(=O)OCC(COC(=O)CC/C=C\C/C=C\C/C=C\C/C=C\CC)OC(=O)CCCCCCC/C=C\C/C=C\CCCCC. The third kappa shape index (κ3) is 58.1. The first-order chi connectivity index (χ1) is 36.0. The number of rotatable bonds is 51. The van der Waals surface area contributed by atoms with Crippen LogP contribution in [0.25, 0.3) is 0 Å². The van der Waals surface area contributed by atoms with Crippen molar-refractivity contribution in [3.05, 3.63) is 146 Å². The van der Waals surface area contributed by atoms with Gasteiger partial charge in [-0.3, -0.25) is 14.4 Å². The maximum Gasteiger partial charge on any atom is 0.306 e. The Balaban J connectivity index is 4.41. The first-order valence-corrected chi connectivity index (χ1v) is 29.3. The Morgan fingerprint density at radius 3 is 0.918 bits per heavy atom. The van der Waals surface area contributed by atoms with Crippen molar-refractivity contribution >= 4 is 17.9 Å². The van der Waals surface area contributed by atoms with E-state index in [0.29, 0.717) is 12.8 Å². The summed E-state index contributed by atoms with van der Waals surface area (Å²) in [6.07, 6.45) is 85.7. The lowest BCUT2D eigenvalue weighted by atomic mass is 10.1. The molecular weight excluding hydrogens is 901 g/mol. The van der Waals surface area contributed by atoms with Crippen LogP contribution in [-0.4, -0.2) is 37.2 Å². The molecule has 1 atom stereocenters. The molecule has 0 aliphatic heterocycles. The smallest absolute Gasteiger partial charge is 0.306 e. The van der Waals surface area contributed by atoms with E-state index < -0.39 is 6.10 Å². The largest absolute Gasteiger partial charge is 0.462 e. The van der Waals surface area contributed by atoms with E-state index >= 15 is 0 Å². The highest BCUT2D eigenvalue weighted by atomic mass is 16.6. The summed E-state index contributed by atoms with van der Waals surface area (Å²) >= 11 is 0. The molecule has 0 rings (SSSR count). The van der Waals surface area contributed by atoms with Gasteiger partial charge in [0.15, 0.2) is 6.10 Å². The quantitative estimate of drug-likeness (QED) is 0.0261. The van der Waals surface area contributed by atoms with E-state index in [4.69, 9.17) is 14.2 Å². The minimum absolute atomic E-state index is 0.116. The van der Waals surface area contributed by atoms with Crippen molar-refractivity contribution in [2.75, 3.05) is 13.2 Å². The lowest BCUT2D eigenvalue weighted by molar-refractivity contribution is -0.166. The van der Waals surface area contributed by atoms with E-state index in [0.717, 1.165) is 135 Å². The van der Waals surface area contributed by atoms with Crippen molar-refractivity contribution in [2.45, 2.75) is 245 Å². The molecule has 0 aromatic rings. The predicted octanol–water partition coefficient (Wildman–Crippen LogP) is 20.0. The second kappa shape index (κ2) is 59.8. The second-order valence-electron chi connectivity index (χ2n) is 18.8. The zero-order valence-electron chi connectivity index (χ0n) is 46.8. The first-order valence-electron chi connectivity index (χ1n) is 29.3. The molecule has 0 radical (unpaired) electrons. The number of allylic oxidation sites excluding steroid dienone is 24. The molecule has 0 aliphatic carbocycles. The molecule has 0 aromatic carbocycles. The first kappa shape index (κ1) is 68.3.